The molecule has 3 rings (SSSR count). The summed E-state index contributed by atoms with van der Waals surface area (Å²) in [4.78, 5) is 0. The summed E-state index contributed by atoms with van der Waals surface area (Å²) < 4.78 is 0. The van der Waals surface area contributed by atoms with Crippen LogP contribution in [0.4, 0.5) is 0 Å². The van der Waals surface area contributed by atoms with Crippen molar-refractivity contribution in [3.8, 4) is 11.1 Å². The first-order valence-electron chi connectivity index (χ1n) is 6.07. The molecule has 19 heavy (non-hydrogen) atoms. The van der Waals surface area contributed by atoms with E-state index in [0.29, 0.717) is 0 Å². The molecular weight excluding hydrogens is 400 g/mol. The van der Waals surface area contributed by atoms with Crippen molar-refractivity contribution >= 4 is 32.4 Å². The van der Waals surface area contributed by atoms with Crippen LogP contribution in [0, 0.1) is 0 Å². The van der Waals surface area contributed by atoms with E-state index in [1.165, 1.54) is 27.8 Å². The standard InChI is InChI=1S/C16H14.2BrH.Ti/c1-12-10-14-8-5-9-15(16(14)11-12)13-6-3-2-4-7-13;;;/h2-9,11H,10H2,1H3;2*1H;/q;;;+2/p-2. The Balaban J connectivity index is 0.000000408. The van der Waals surface area contributed by atoms with Gasteiger partial charge in [-0.2, -0.15) is 0 Å². The van der Waals surface area contributed by atoms with E-state index in [1.807, 2.05) is 0 Å². The molecule has 96 valence electrons. The fourth-order valence-electron chi connectivity index (χ4n) is 2.40. The Bertz CT molecular complexity index is 577. The number of benzene rings is 2. The van der Waals surface area contributed by atoms with E-state index >= 15 is 0 Å². The van der Waals surface area contributed by atoms with Crippen molar-refractivity contribution < 1.29 is 15.0 Å². The molecule has 0 bridgehead atoms. The third kappa shape index (κ3) is 3.92. The van der Waals surface area contributed by atoms with E-state index in [4.69, 9.17) is 0 Å². The zero-order chi connectivity index (χ0) is 13.7. The van der Waals surface area contributed by atoms with Gasteiger partial charge in [0.1, 0.15) is 0 Å². The first-order chi connectivity index (χ1) is 9.26. The minimum absolute atomic E-state index is 0.125. The summed E-state index contributed by atoms with van der Waals surface area (Å²) in [6.45, 7) is 2.20. The SMILES string of the molecule is CC1=Cc2c(cccc2-c2ccccc2)C1.[Br][Ti][Br]. The van der Waals surface area contributed by atoms with E-state index in [9.17, 15) is 0 Å². The van der Waals surface area contributed by atoms with Crippen LogP contribution in [0.25, 0.3) is 17.2 Å². The molecule has 0 spiro atoms. The Morgan fingerprint density at radius 3 is 2.32 bits per heavy atom. The molecule has 0 unspecified atom stereocenters. The van der Waals surface area contributed by atoms with Crippen molar-refractivity contribution in [2.75, 3.05) is 0 Å². The maximum absolute atomic E-state index is 3.19. The normalized spacial score (nSPS) is 12.1. The fourth-order valence-corrected chi connectivity index (χ4v) is 2.40. The van der Waals surface area contributed by atoms with E-state index in [-0.39, 0.29) is 15.0 Å². The Hall–Kier alpha value is -0.146. The summed E-state index contributed by atoms with van der Waals surface area (Å²) in [7, 11) is 0. The van der Waals surface area contributed by atoms with Crippen LogP contribution in [0.3, 0.4) is 0 Å². The number of allylic oxidation sites excluding steroid dienone is 1. The van der Waals surface area contributed by atoms with Gasteiger partial charge in [0.25, 0.3) is 0 Å². The van der Waals surface area contributed by atoms with Crippen LogP contribution >= 0.6 is 26.3 Å². The second-order valence-corrected chi connectivity index (χ2v) is 12.4. The second kappa shape index (κ2) is 7.59. The van der Waals surface area contributed by atoms with Gasteiger partial charge in [0.05, 0.1) is 0 Å². The molecule has 3 heteroatoms. The number of halogens is 2. The number of fused-ring (bicyclic) bond motifs is 1. The van der Waals surface area contributed by atoms with Crippen molar-refractivity contribution in [2.24, 2.45) is 0 Å². The molecule has 0 saturated heterocycles. The molecule has 0 aromatic heterocycles. The molecule has 0 radical (unpaired) electrons. The molecule has 0 nitrogen and oxygen atoms in total. The van der Waals surface area contributed by atoms with Crippen LogP contribution in [0.2, 0.25) is 0 Å². The zero-order valence-corrected chi connectivity index (χ0v) is 15.4. The van der Waals surface area contributed by atoms with Gasteiger partial charge in [-0.05, 0) is 35.6 Å². The molecule has 0 aliphatic heterocycles. The van der Waals surface area contributed by atoms with Crippen molar-refractivity contribution in [3.05, 3.63) is 65.2 Å². The van der Waals surface area contributed by atoms with Crippen molar-refractivity contribution in [3.63, 3.8) is 0 Å². The molecule has 2 aromatic carbocycles. The Morgan fingerprint density at radius 1 is 0.947 bits per heavy atom. The number of hydrogen-bond donors (Lipinski definition) is 0. The third-order valence-corrected chi connectivity index (χ3v) is 3.14. The van der Waals surface area contributed by atoms with Gasteiger partial charge in [0, 0.05) is 0 Å². The van der Waals surface area contributed by atoms with Gasteiger partial charge >= 0.3 is 41.3 Å². The molecule has 0 heterocycles. The van der Waals surface area contributed by atoms with Gasteiger partial charge in [-0.3, -0.25) is 0 Å². The fraction of sp³-hybridized carbons (Fsp3) is 0.125. The van der Waals surface area contributed by atoms with Crippen molar-refractivity contribution in [2.45, 2.75) is 13.3 Å². The minimum atomic E-state index is 0.125. The summed E-state index contributed by atoms with van der Waals surface area (Å²) in [5.41, 5.74) is 6.99. The molecule has 0 atom stereocenters. The van der Waals surface area contributed by atoms with Gasteiger partial charge in [-0.25, -0.2) is 0 Å². The monoisotopic (exact) mass is 412 g/mol. The van der Waals surface area contributed by atoms with Crippen LogP contribution in [-0.4, -0.2) is 0 Å². The van der Waals surface area contributed by atoms with Crippen molar-refractivity contribution in [1.29, 1.82) is 0 Å². The quantitative estimate of drug-likeness (QED) is 0.503. The summed E-state index contributed by atoms with van der Waals surface area (Å²) in [6, 6.07) is 17.2. The Labute approximate surface area is 136 Å². The average Bonchev–Trinajstić information content (AvgIpc) is 2.80. The van der Waals surface area contributed by atoms with E-state index < -0.39 is 0 Å². The van der Waals surface area contributed by atoms with Crippen LogP contribution < -0.4 is 0 Å². The first-order valence-corrected chi connectivity index (χ1v) is 13.8. The molecule has 2 aromatic rings. The number of hydrogen-bond acceptors (Lipinski definition) is 0. The van der Waals surface area contributed by atoms with Crippen molar-refractivity contribution in [1.82, 2.24) is 0 Å². The van der Waals surface area contributed by atoms with Crippen LogP contribution in [0.5, 0.6) is 0 Å². The second-order valence-electron chi connectivity index (χ2n) is 4.48. The van der Waals surface area contributed by atoms with E-state index in [1.54, 1.807) is 0 Å². The average molecular weight is 414 g/mol. The predicted molar refractivity (Wildman–Crippen MR) is 87.1 cm³/mol. The van der Waals surface area contributed by atoms with Gasteiger partial charge in [-0.1, -0.05) is 60.2 Å². The van der Waals surface area contributed by atoms with E-state index in [0.717, 1.165) is 6.42 Å². The predicted octanol–water partition coefficient (Wildman–Crippen LogP) is 6.00. The van der Waals surface area contributed by atoms with Crippen LogP contribution in [-0.2, 0) is 21.4 Å². The molecule has 0 amide bonds. The first kappa shape index (κ1) is 15.2. The van der Waals surface area contributed by atoms with Gasteiger partial charge in [-0.15, -0.1) is 0 Å². The third-order valence-electron chi connectivity index (χ3n) is 3.14. The summed E-state index contributed by atoms with van der Waals surface area (Å²) in [5.74, 6) is 0. The van der Waals surface area contributed by atoms with Gasteiger partial charge < -0.3 is 0 Å². The molecular formula is C16H14Br2Ti. The Morgan fingerprint density at radius 2 is 1.63 bits per heavy atom. The summed E-state index contributed by atoms with van der Waals surface area (Å²) in [5, 5.41) is 0. The zero-order valence-electron chi connectivity index (χ0n) is 10.7. The van der Waals surface area contributed by atoms with Crippen LogP contribution in [0.1, 0.15) is 18.1 Å². The van der Waals surface area contributed by atoms with Crippen LogP contribution in [0.15, 0.2) is 54.1 Å². The van der Waals surface area contributed by atoms with Gasteiger partial charge in [0.2, 0.25) is 0 Å². The molecule has 1 aliphatic carbocycles. The van der Waals surface area contributed by atoms with Gasteiger partial charge in [0.15, 0.2) is 0 Å². The number of rotatable bonds is 1. The van der Waals surface area contributed by atoms with E-state index in [2.05, 4.69) is 87.9 Å². The Kier molecular flexibility index (Phi) is 6.09. The molecule has 1 aliphatic rings. The summed E-state index contributed by atoms with van der Waals surface area (Å²) >= 11 is 6.50. The topological polar surface area (TPSA) is 0 Å². The molecule has 0 saturated carbocycles. The molecule has 0 fully saturated rings. The molecule has 0 N–H and O–H groups in total. The maximum atomic E-state index is 3.19. The summed E-state index contributed by atoms with van der Waals surface area (Å²) in [6.07, 6.45) is 3.42.